The number of methoxy groups -OCH3 is 3. The number of carbonyl (C=O) groups excluding carboxylic acids is 1. The number of hydrogen-bond acceptors (Lipinski definition) is 6. The van der Waals surface area contributed by atoms with Crippen LogP contribution in [-0.4, -0.2) is 27.2 Å². The second kappa shape index (κ2) is 10.3. The molecule has 0 aliphatic rings. The SMILES string of the molecule is COc1cc(CNC(=O)c2ccc(CSc3c(C)cccc3C)o2)cc(OC)c1OC. The summed E-state index contributed by atoms with van der Waals surface area (Å²) in [5, 5.41) is 2.87. The Morgan fingerprint density at radius 1 is 0.968 bits per heavy atom. The van der Waals surface area contributed by atoms with Gasteiger partial charge in [0.15, 0.2) is 17.3 Å². The smallest absolute Gasteiger partial charge is 0.287 e. The summed E-state index contributed by atoms with van der Waals surface area (Å²) in [6, 6.07) is 13.4. The van der Waals surface area contributed by atoms with Crippen molar-refractivity contribution in [1.82, 2.24) is 5.32 Å². The van der Waals surface area contributed by atoms with Crippen LogP contribution in [0.25, 0.3) is 0 Å². The summed E-state index contributed by atoms with van der Waals surface area (Å²) in [4.78, 5) is 13.8. The van der Waals surface area contributed by atoms with E-state index in [9.17, 15) is 4.79 Å². The lowest BCUT2D eigenvalue weighted by Gasteiger charge is -2.14. The summed E-state index contributed by atoms with van der Waals surface area (Å²) in [6.07, 6.45) is 0. The molecule has 1 N–H and O–H groups in total. The maximum atomic E-state index is 12.5. The molecule has 0 saturated heterocycles. The van der Waals surface area contributed by atoms with E-state index in [1.807, 2.05) is 6.07 Å². The van der Waals surface area contributed by atoms with Crippen molar-refractivity contribution in [2.24, 2.45) is 0 Å². The molecule has 3 aromatic rings. The molecule has 1 amide bonds. The topological polar surface area (TPSA) is 69.9 Å². The molecule has 0 fully saturated rings. The molecule has 0 bridgehead atoms. The monoisotopic (exact) mass is 441 g/mol. The molecular formula is C24H27NO5S. The van der Waals surface area contributed by atoms with Crippen molar-refractivity contribution in [2.45, 2.75) is 31.0 Å². The van der Waals surface area contributed by atoms with Crippen LogP contribution in [0.3, 0.4) is 0 Å². The molecule has 6 nitrogen and oxygen atoms in total. The van der Waals surface area contributed by atoms with E-state index in [4.69, 9.17) is 18.6 Å². The zero-order valence-electron chi connectivity index (χ0n) is 18.4. The van der Waals surface area contributed by atoms with E-state index in [2.05, 4.69) is 37.4 Å². The molecule has 0 aliphatic carbocycles. The molecule has 0 radical (unpaired) electrons. The minimum atomic E-state index is -0.280. The number of aryl methyl sites for hydroxylation is 2. The van der Waals surface area contributed by atoms with Crippen LogP contribution >= 0.6 is 11.8 Å². The van der Waals surface area contributed by atoms with Gasteiger partial charge < -0.3 is 23.9 Å². The summed E-state index contributed by atoms with van der Waals surface area (Å²) in [6.45, 7) is 4.49. The number of nitrogens with one attached hydrogen (secondary N) is 1. The molecule has 7 heteroatoms. The predicted octanol–water partition coefficient (Wildman–Crippen LogP) is 5.14. The van der Waals surface area contributed by atoms with Gasteiger partial charge in [-0.3, -0.25) is 4.79 Å². The quantitative estimate of drug-likeness (QED) is 0.464. The molecule has 1 aromatic heterocycles. The second-order valence-electron chi connectivity index (χ2n) is 6.99. The number of benzene rings is 2. The van der Waals surface area contributed by atoms with Gasteiger partial charge in [0.1, 0.15) is 5.76 Å². The lowest BCUT2D eigenvalue weighted by Crippen LogP contribution is -2.22. The van der Waals surface area contributed by atoms with Gasteiger partial charge in [0.2, 0.25) is 5.75 Å². The normalized spacial score (nSPS) is 10.6. The molecule has 1 heterocycles. The van der Waals surface area contributed by atoms with Gasteiger partial charge in [-0.1, -0.05) is 18.2 Å². The lowest BCUT2D eigenvalue weighted by molar-refractivity contribution is 0.0921. The van der Waals surface area contributed by atoms with Gasteiger partial charge >= 0.3 is 0 Å². The Balaban J connectivity index is 1.63. The first-order valence-electron chi connectivity index (χ1n) is 9.81. The van der Waals surface area contributed by atoms with E-state index in [-0.39, 0.29) is 11.7 Å². The molecule has 2 aromatic carbocycles. The highest BCUT2D eigenvalue weighted by atomic mass is 32.2. The molecule has 0 unspecified atom stereocenters. The first-order valence-corrected chi connectivity index (χ1v) is 10.8. The zero-order chi connectivity index (χ0) is 22.4. The van der Waals surface area contributed by atoms with Crippen LogP contribution in [0.1, 0.15) is 33.0 Å². The number of amides is 1. The highest BCUT2D eigenvalue weighted by Gasteiger charge is 2.15. The Kier molecular flexibility index (Phi) is 7.52. The highest BCUT2D eigenvalue weighted by Crippen LogP contribution is 2.38. The standard InChI is InChI=1S/C24H27NO5S/c1-15-7-6-8-16(2)23(15)31-14-18-9-10-19(30-18)24(26)25-13-17-11-20(27-3)22(29-5)21(12-17)28-4/h6-12H,13-14H2,1-5H3,(H,25,26). The minimum Gasteiger partial charge on any atom is -0.493 e. The van der Waals surface area contributed by atoms with Crippen molar-refractivity contribution in [1.29, 1.82) is 0 Å². The zero-order valence-corrected chi connectivity index (χ0v) is 19.2. The molecule has 164 valence electrons. The number of carbonyl (C=O) groups is 1. The van der Waals surface area contributed by atoms with Gasteiger partial charge in [-0.25, -0.2) is 0 Å². The first-order chi connectivity index (χ1) is 15.0. The molecule has 31 heavy (non-hydrogen) atoms. The summed E-state index contributed by atoms with van der Waals surface area (Å²) in [5.41, 5.74) is 3.29. The molecular weight excluding hydrogens is 414 g/mol. The van der Waals surface area contributed by atoms with Gasteiger partial charge in [0.05, 0.1) is 27.1 Å². The van der Waals surface area contributed by atoms with Crippen molar-refractivity contribution in [3.05, 3.63) is 70.7 Å². The maximum absolute atomic E-state index is 12.5. The summed E-state index contributed by atoms with van der Waals surface area (Å²) < 4.78 is 21.8. The van der Waals surface area contributed by atoms with Crippen LogP contribution in [0.5, 0.6) is 17.2 Å². The van der Waals surface area contributed by atoms with Crippen molar-refractivity contribution < 1.29 is 23.4 Å². The van der Waals surface area contributed by atoms with Crippen molar-refractivity contribution in [3.63, 3.8) is 0 Å². The Bertz CT molecular complexity index is 1010. The number of thioether (sulfide) groups is 1. The van der Waals surface area contributed by atoms with Gasteiger partial charge in [-0.2, -0.15) is 0 Å². The van der Waals surface area contributed by atoms with Crippen LogP contribution in [0.4, 0.5) is 0 Å². The lowest BCUT2D eigenvalue weighted by atomic mass is 10.1. The third-order valence-electron chi connectivity index (χ3n) is 4.83. The molecule has 0 spiro atoms. The van der Waals surface area contributed by atoms with Crippen molar-refractivity contribution >= 4 is 17.7 Å². The highest BCUT2D eigenvalue weighted by molar-refractivity contribution is 7.98. The fourth-order valence-corrected chi connectivity index (χ4v) is 4.29. The molecule has 0 saturated carbocycles. The number of ether oxygens (including phenoxy) is 3. The van der Waals surface area contributed by atoms with E-state index in [0.717, 1.165) is 11.3 Å². The largest absolute Gasteiger partial charge is 0.493 e. The number of furan rings is 1. The van der Waals surface area contributed by atoms with Crippen LogP contribution in [-0.2, 0) is 12.3 Å². The summed E-state index contributed by atoms with van der Waals surface area (Å²) >= 11 is 1.71. The number of rotatable bonds is 9. The van der Waals surface area contributed by atoms with Crippen LogP contribution < -0.4 is 19.5 Å². The van der Waals surface area contributed by atoms with Crippen LogP contribution in [0.2, 0.25) is 0 Å². The third-order valence-corrected chi connectivity index (χ3v) is 6.19. The van der Waals surface area contributed by atoms with E-state index in [1.165, 1.54) is 16.0 Å². The summed E-state index contributed by atoms with van der Waals surface area (Å²) in [5.74, 6) is 3.00. The average Bonchev–Trinajstić information content (AvgIpc) is 3.25. The van der Waals surface area contributed by atoms with Gasteiger partial charge in [0, 0.05) is 11.4 Å². The van der Waals surface area contributed by atoms with E-state index in [1.54, 1.807) is 51.3 Å². The molecule has 0 atom stereocenters. The fourth-order valence-electron chi connectivity index (χ4n) is 3.25. The van der Waals surface area contributed by atoms with Gasteiger partial charge in [-0.05, 0) is 54.8 Å². The summed E-state index contributed by atoms with van der Waals surface area (Å²) in [7, 11) is 4.66. The number of hydrogen-bond donors (Lipinski definition) is 1. The fraction of sp³-hybridized carbons (Fsp3) is 0.292. The van der Waals surface area contributed by atoms with Gasteiger partial charge in [0.25, 0.3) is 5.91 Å². The maximum Gasteiger partial charge on any atom is 0.287 e. The van der Waals surface area contributed by atoms with E-state index < -0.39 is 0 Å². The second-order valence-corrected chi connectivity index (χ2v) is 7.98. The van der Waals surface area contributed by atoms with Crippen molar-refractivity contribution in [3.8, 4) is 17.2 Å². The Morgan fingerprint density at radius 2 is 1.61 bits per heavy atom. The van der Waals surface area contributed by atoms with Crippen LogP contribution in [0, 0.1) is 13.8 Å². The van der Waals surface area contributed by atoms with E-state index >= 15 is 0 Å². The third kappa shape index (κ3) is 5.35. The van der Waals surface area contributed by atoms with Crippen LogP contribution in [0.15, 0.2) is 51.8 Å². The molecule has 3 rings (SSSR count). The Morgan fingerprint density at radius 3 is 2.19 bits per heavy atom. The average molecular weight is 442 g/mol. The minimum absolute atomic E-state index is 0.280. The predicted molar refractivity (Wildman–Crippen MR) is 121 cm³/mol. The molecule has 0 aliphatic heterocycles. The van der Waals surface area contributed by atoms with Crippen molar-refractivity contribution in [2.75, 3.05) is 21.3 Å². The first kappa shape index (κ1) is 22.6. The van der Waals surface area contributed by atoms with Gasteiger partial charge in [-0.15, -0.1) is 11.8 Å². The van der Waals surface area contributed by atoms with E-state index in [0.29, 0.717) is 29.5 Å². The Hall–Kier alpha value is -3.06. The Labute approximate surface area is 186 Å².